The van der Waals surface area contributed by atoms with Crippen LogP contribution in [0.25, 0.3) is 0 Å². The Kier molecular flexibility index (Phi) is 4.61. The summed E-state index contributed by atoms with van der Waals surface area (Å²) in [6.07, 6.45) is 3.33. The van der Waals surface area contributed by atoms with E-state index in [1.165, 1.54) is 27.6 Å². The molecule has 1 atom stereocenters. The van der Waals surface area contributed by atoms with Gasteiger partial charge in [-0.1, -0.05) is 46.3 Å². The van der Waals surface area contributed by atoms with Crippen LogP contribution < -0.4 is 10.1 Å². The largest absolute Gasteiger partial charge is 0.496 e. The van der Waals surface area contributed by atoms with Gasteiger partial charge in [0.15, 0.2) is 0 Å². The molecule has 21 heavy (non-hydrogen) atoms. The molecule has 3 heteroatoms. The average Bonchev–Trinajstić information content (AvgIpc) is 2.93. The second kappa shape index (κ2) is 6.63. The van der Waals surface area contributed by atoms with Crippen LogP contribution in [-0.2, 0) is 12.8 Å². The lowest BCUT2D eigenvalue weighted by molar-refractivity contribution is 0.408. The molecular weight excluding hydrogens is 326 g/mol. The fourth-order valence-electron chi connectivity index (χ4n) is 3.11. The summed E-state index contributed by atoms with van der Waals surface area (Å²) in [7, 11) is 1.73. The first-order valence-corrected chi connectivity index (χ1v) is 8.21. The SMILES string of the molecule is COc1ccccc1CCNC1CCc2c(Br)cccc21. The molecule has 0 heterocycles. The standard InChI is InChI=1S/C18H20BrNO/c1-21-18-8-3-2-5-13(18)11-12-20-17-10-9-14-15(17)6-4-7-16(14)19/h2-8,17,20H,9-12H2,1H3. The smallest absolute Gasteiger partial charge is 0.122 e. The Morgan fingerprint density at radius 3 is 2.90 bits per heavy atom. The Hall–Kier alpha value is -1.32. The van der Waals surface area contributed by atoms with Gasteiger partial charge in [-0.25, -0.2) is 0 Å². The Morgan fingerprint density at radius 2 is 2.05 bits per heavy atom. The maximum absolute atomic E-state index is 5.41. The Morgan fingerprint density at radius 1 is 1.19 bits per heavy atom. The number of nitrogens with one attached hydrogen (secondary N) is 1. The third-order valence-corrected chi connectivity index (χ3v) is 4.93. The molecule has 0 aromatic heterocycles. The molecular formula is C18H20BrNO. The lowest BCUT2D eigenvalue weighted by Crippen LogP contribution is -2.22. The normalized spacial score (nSPS) is 16.8. The second-order valence-electron chi connectivity index (χ2n) is 5.41. The second-order valence-corrected chi connectivity index (χ2v) is 6.27. The van der Waals surface area contributed by atoms with E-state index in [-0.39, 0.29) is 0 Å². The van der Waals surface area contributed by atoms with Gasteiger partial charge in [0.25, 0.3) is 0 Å². The van der Waals surface area contributed by atoms with Crippen molar-refractivity contribution in [1.29, 1.82) is 0 Å². The minimum atomic E-state index is 0.479. The van der Waals surface area contributed by atoms with Crippen molar-refractivity contribution >= 4 is 15.9 Å². The van der Waals surface area contributed by atoms with Crippen molar-refractivity contribution in [2.75, 3.05) is 13.7 Å². The van der Waals surface area contributed by atoms with E-state index in [4.69, 9.17) is 4.74 Å². The fraction of sp³-hybridized carbons (Fsp3) is 0.333. The van der Waals surface area contributed by atoms with E-state index in [2.05, 4.69) is 51.6 Å². The van der Waals surface area contributed by atoms with Crippen LogP contribution in [0.3, 0.4) is 0 Å². The molecule has 0 radical (unpaired) electrons. The zero-order valence-corrected chi connectivity index (χ0v) is 13.8. The van der Waals surface area contributed by atoms with Crippen LogP contribution in [0.5, 0.6) is 5.75 Å². The number of rotatable bonds is 5. The zero-order chi connectivity index (χ0) is 14.7. The Bertz CT molecular complexity index is 626. The van der Waals surface area contributed by atoms with Gasteiger partial charge in [0, 0.05) is 10.5 Å². The Balaban J connectivity index is 1.62. The predicted octanol–water partition coefficient (Wildman–Crippen LogP) is 4.28. The molecule has 0 saturated heterocycles. The molecule has 1 aliphatic rings. The average molecular weight is 346 g/mol. The lowest BCUT2D eigenvalue weighted by Gasteiger charge is -2.15. The number of hydrogen-bond donors (Lipinski definition) is 1. The summed E-state index contributed by atoms with van der Waals surface area (Å²) < 4.78 is 6.65. The van der Waals surface area contributed by atoms with E-state index >= 15 is 0 Å². The monoisotopic (exact) mass is 345 g/mol. The van der Waals surface area contributed by atoms with Gasteiger partial charge in [-0.3, -0.25) is 0 Å². The highest BCUT2D eigenvalue weighted by Crippen LogP contribution is 2.35. The van der Waals surface area contributed by atoms with E-state index in [1.54, 1.807) is 7.11 Å². The maximum atomic E-state index is 5.41. The van der Waals surface area contributed by atoms with Crippen molar-refractivity contribution in [3.8, 4) is 5.75 Å². The maximum Gasteiger partial charge on any atom is 0.122 e. The molecule has 1 aliphatic carbocycles. The third-order valence-electron chi connectivity index (χ3n) is 4.19. The minimum Gasteiger partial charge on any atom is -0.496 e. The first kappa shape index (κ1) is 14.6. The van der Waals surface area contributed by atoms with E-state index in [1.807, 2.05) is 12.1 Å². The van der Waals surface area contributed by atoms with Crippen LogP contribution >= 0.6 is 15.9 Å². The van der Waals surface area contributed by atoms with Crippen LogP contribution in [0.1, 0.15) is 29.2 Å². The van der Waals surface area contributed by atoms with E-state index < -0.39 is 0 Å². The molecule has 1 unspecified atom stereocenters. The van der Waals surface area contributed by atoms with Crippen LogP contribution in [0.15, 0.2) is 46.9 Å². The minimum absolute atomic E-state index is 0.479. The summed E-state index contributed by atoms with van der Waals surface area (Å²) in [6, 6.07) is 15.2. The summed E-state index contributed by atoms with van der Waals surface area (Å²) in [6.45, 7) is 0.969. The number of benzene rings is 2. The van der Waals surface area contributed by atoms with Crippen molar-refractivity contribution < 1.29 is 4.74 Å². The van der Waals surface area contributed by atoms with Crippen molar-refractivity contribution in [3.05, 3.63) is 63.6 Å². The summed E-state index contributed by atoms with van der Waals surface area (Å²) in [5.41, 5.74) is 4.18. The first-order chi connectivity index (χ1) is 10.3. The fourth-order valence-corrected chi connectivity index (χ4v) is 3.69. The number of ether oxygens (including phenoxy) is 1. The zero-order valence-electron chi connectivity index (χ0n) is 12.2. The van der Waals surface area contributed by atoms with E-state index in [9.17, 15) is 0 Å². The molecule has 2 nitrogen and oxygen atoms in total. The van der Waals surface area contributed by atoms with Crippen LogP contribution in [0.2, 0.25) is 0 Å². The van der Waals surface area contributed by atoms with Crippen molar-refractivity contribution in [1.82, 2.24) is 5.32 Å². The molecule has 110 valence electrons. The van der Waals surface area contributed by atoms with Gasteiger partial charge >= 0.3 is 0 Å². The molecule has 2 aromatic carbocycles. The molecule has 1 N–H and O–H groups in total. The quantitative estimate of drug-likeness (QED) is 0.873. The molecule has 0 fully saturated rings. The molecule has 0 saturated carbocycles. The van der Waals surface area contributed by atoms with Crippen LogP contribution in [-0.4, -0.2) is 13.7 Å². The number of methoxy groups -OCH3 is 1. The van der Waals surface area contributed by atoms with Gasteiger partial charge in [0.1, 0.15) is 5.75 Å². The number of hydrogen-bond acceptors (Lipinski definition) is 2. The van der Waals surface area contributed by atoms with Gasteiger partial charge < -0.3 is 10.1 Å². The lowest BCUT2D eigenvalue weighted by atomic mass is 10.1. The van der Waals surface area contributed by atoms with Gasteiger partial charge in [-0.2, -0.15) is 0 Å². The third kappa shape index (κ3) is 3.14. The number of para-hydroxylation sites is 1. The summed E-state index contributed by atoms with van der Waals surface area (Å²) in [4.78, 5) is 0. The van der Waals surface area contributed by atoms with Gasteiger partial charge in [0.2, 0.25) is 0 Å². The van der Waals surface area contributed by atoms with Crippen LogP contribution in [0, 0.1) is 0 Å². The summed E-state index contributed by atoms with van der Waals surface area (Å²) in [5, 5.41) is 3.69. The predicted molar refractivity (Wildman–Crippen MR) is 89.9 cm³/mol. The molecule has 2 aromatic rings. The van der Waals surface area contributed by atoms with Gasteiger partial charge in [-0.05, 0) is 54.6 Å². The van der Waals surface area contributed by atoms with E-state index in [0.717, 1.165) is 25.1 Å². The number of fused-ring (bicyclic) bond motifs is 1. The number of halogens is 1. The van der Waals surface area contributed by atoms with Crippen LogP contribution in [0.4, 0.5) is 0 Å². The highest BCUT2D eigenvalue weighted by molar-refractivity contribution is 9.10. The van der Waals surface area contributed by atoms with Crippen molar-refractivity contribution in [2.24, 2.45) is 0 Å². The molecule has 0 aliphatic heterocycles. The van der Waals surface area contributed by atoms with E-state index in [0.29, 0.717) is 6.04 Å². The molecule has 0 spiro atoms. The highest BCUT2D eigenvalue weighted by Gasteiger charge is 2.23. The first-order valence-electron chi connectivity index (χ1n) is 7.42. The van der Waals surface area contributed by atoms with Gasteiger partial charge in [-0.15, -0.1) is 0 Å². The van der Waals surface area contributed by atoms with Crippen molar-refractivity contribution in [2.45, 2.75) is 25.3 Å². The molecule has 0 bridgehead atoms. The topological polar surface area (TPSA) is 21.3 Å². The summed E-state index contributed by atoms with van der Waals surface area (Å²) in [5.74, 6) is 0.980. The van der Waals surface area contributed by atoms with Gasteiger partial charge in [0.05, 0.1) is 7.11 Å². The molecule has 3 rings (SSSR count). The molecule has 0 amide bonds. The highest BCUT2D eigenvalue weighted by atomic mass is 79.9. The van der Waals surface area contributed by atoms with Crippen molar-refractivity contribution in [3.63, 3.8) is 0 Å². The summed E-state index contributed by atoms with van der Waals surface area (Å²) >= 11 is 3.65. The Labute approximate surface area is 134 Å².